The van der Waals surface area contributed by atoms with Gasteiger partial charge in [-0.2, -0.15) is 0 Å². The summed E-state index contributed by atoms with van der Waals surface area (Å²) in [6, 6.07) is 4.03. The number of carbonyl (C=O) groups is 8. The Morgan fingerprint density at radius 3 is 2.06 bits per heavy atom. The number of alkyl carbamates (subject to hydrolysis) is 1. The summed E-state index contributed by atoms with van der Waals surface area (Å²) in [5.74, 6) is -3.97. The van der Waals surface area contributed by atoms with Crippen LogP contribution in [0.1, 0.15) is 38.2 Å². The SMILES string of the molecule is CC1CC(=O)N(CCC(=O)NCCOCCOCCOCCOCCC(=O)NCCC(=O)Nc2cc(COC(=O)NCOCC=O)ccc2O[C@@H]2O[C@H](C(=O)O)[C@@H](O)[C@H](O)[C@H]2O)C1=O. The molecule has 8 N–H and O–H groups in total. The first kappa shape index (κ1) is 53.0. The van der Waals surface area contributed by atoms with E-state index in [-0.39, 0.29) is 127 Å². The van der Waals surface area contributed by atoms with Crippen LogP contribution < -0.4 is 26.0 Å². The van der Waals surface area contributed by atoms with Gasteiger partial charge in [-0.1, -0.05) is 13.0 Å². The summed E-state index contributed by atoms with van der Waals surface area (Å²) < 4.78 is 42.4. The van der Waals surface area contributed by atoms with Gasteiger partial charge < -0.3 is 79.1 Å². The molecule has 1 unspecified atom stereocenters. The van der Waals surface area contributed by atoms with Crippen LogP contribution in [0.3, 0.4) is 0 Å². The first-order chi connectivity index (χ1) is 30.7. The third-order valence-corrected chi connectivity index (χ3v) is 9.11. The molecule has 2 fully saturated rings. The van der Waals surface area contributed by atoms with Gasteiger partial charge >= 0.3 is 12.1 Å². The zero-order valence-electron chi connectivity index (χ0n) is 35.3. The van der Waals surface area contributed by atoms with E-state index >= 15 is 0 Å². The number of aliphatic hydroxyl groups is 3. The molecule has 0 spiro atoms. The number of aliphatic hydroxyl groups excluding tert-OH is 3. The average molecular weight is 916 g/mol. The van der Waals surface area contributed by atoms with Gasteiger partial charge in [0, 0.05) is 51.2 Å². The summed E-state index contributed by atoms with van der Waals surface area (Å²) in [7, 11) is 0. The normalized spacial score (nSPS) is 20.7. The molecule has 2 aliphatic heterocycles. The maximum absolute atomic E-state index is 12.9. The summed E-state index contributed by atoms with van der Waals surface area (Å²) in [5.41, 5.74) is 0.270. The van der Waals surface area contributed by atoms with Crippen LogP contribution in [0.25, 0.3) is 0 Å². The topological polar surface area (TPSA) is 343 Å². The number of imide groups is 1. The Labute approximate surface area is 367 Å². The molecule has 6 atom stereocenters. The minimum Gasteiger partial charge on any atom is -0.479 e. The summed E-state index contributed by atoms with van der Waals surface area (Å²) in [5, 5.41) is 50.1. The quantitative estimate of drug-likeness (QED) is 0.0161. The number of rotatable bonds is 31. The number of ether oxygens (including phenoxy) is 8. The van der Waals surface area contributed by atoms with Crippen molar-refractivity contribution in [2.24, 2.45) is 5.92 Å². The minimum atomic E-state index is -1.97. The summed E-state index contributed by atoms with van der Waals surface area (Å²) in [6.45, 7) is 3.07. The highest BCUT2D eigenvalue weighted by Gasteiger charge is 2.48. The largest absolute Gasteiger partial charge is 0.479 e. The molecule has 25 heteroatoms. The van der Waals surface area contributed by atoms with E-state index in [0.717, 1.165) is 4.90 Å². The van der Waals surface area contributed by atoms with Gasteiger partial charge in [-0.05, 0) is 17.7 Å². The van der Waals surface area contributed by atoms with Crippen molar-refractivity contribution in [3.05, 3.63) is 23.8 Å². The second kappa shape index (κ2) is 29.1. The number of aldehydes is 1. The number of carbonyl (C=O) groups excluding carboxylic acids is 7. The number of amides is 6. The van der Waals surface area contributed by atoms with Crippen molar-refractivity contribution in [3.63, 3.8) is 0 Å². The minimum absolute atomic E-state index is 0.00715. The Hall–Kier alpha value is -5.38. The third kappa shape index (κ3) is 19.2. The Kier molecular flexibility index (Phi) is 24.1. The molecule has 1 aromatic rings. The van der Waals surface area contributed by atoms with Gasteiger partial charge in [-0.3, -0.25) is 34.2 Å². The highest BCUT2D eigenvalue weighted by molar-refractivity contribution is 6.03. The fourth-order valence-electron chi connectivity index (χ4n) is 5.75. The lowest BCUT2D eigenvalue weighted by Gasteiger charge is -2.38. The number of benzene rings is 1. The number of nitrogens with zero attached hydrogens (tertiary/aromatic N) is 1. The number of hydrogen-bond donors (Lipinski definition) is 8. The van der Waals surface area contributed by atoms with E-state index in [1.54, 1.807) is 6.92 Å². The van der Waals surface area contributed by atoms with Gasteiger partial charge in [-0.15, -0.1) is 0 Å². The van der Waals surface area contributed by atoms with Gasteiger partial charge in [0.1, 0.15) is 50.3 Å². The van der Waals surface area contributed by atoms with Crippen LogP contribution in [0.4, 0.5) is 10.5 Å². The highest BCUT2D eigenvalue weighted by Crippen LogP contribution is 2.31. The van der Waals surface area contributed by atoms with Gasteiger partial charge in [0.25, 0.3) is 0 Å². The van der Waals surface area contributed by atoms with Gasteiger partial charge in [0.15, 0.2) is 6.10 Å². The van der Waals surface area contributed by atoms with E-state index in [1.807, 2.05) is 0 Å². The second-order valence-electron chi connectivity index (χ2n) is 14.1. The molecule has 3 rings (SSSR count). The fourth-order valence-corrected chi connectivity index (χ4v) is 5.75. The summed E-state index contributed by atoms with van der Waals surface area (Å²) >= 11 is 0. The van der Waals surface area contributed by atoms with E-state index in [2.05, 4.69) is 21.3 Å². The highest BCUT2D eigenvalue weighted by atomic mass is 16.7. The Morgan fingerprint density at radius 2 is 1.42 bits per heavy atom. The van der Waals surface area contributed by atoms with Crippen LogP contribution in [0.2, 0.25) is 0 Å². The number of nitrogens with one attached hydrogen (secondary N) is 4. The first-order valence-electron chi connectivity index (χ1n) is 20.3. The molecule has 6 amide bonds. The number of aliphatic carboxylic acids is 1. The Bertz CT molecular complexity index is 1700. The van der Waals surface area contributed by atoms with E-state index in [0.29, 0.717) is 38.3 Å². The molecule has 0 bridgehead atoms. The average Bonchev–Trinajstić information content (AvgIpc) is 3.51. The smallest absolute Gasteiger partial charge is 0.409 e. The first-order valence-corrected chi connectivity index (χ1v) is 20.3. The Morgan fingerprint density at radius 1 is 0.781 bits per heavy atom. The molecule has 2 aliphatic rings. The van der Waals surface area contributed by atoms with Crippen molar-refractivity contribution in [2.45, 2.75) is 69.9 Å². The van der Waals surface area contributed by atoms with E-state index in [9.17, 15) is 58.8 Å². The molecule has 0 aromatic heterocycles. The van der Waals surface area contributed by atoms with Crippen LogP contribution in [-0.2, 0) is 73.3 Å². The predicted octanol–water partition coefficient (Wildman–Crippen LogP) is -2.84. The van der Waals surface area contributed by atoms with Crippen molar-refractivity contribution in [3.8, 4) is 5.75 Å². The fraction of sp³-hybridized carbons (Fsp3) is 0.641. The number of hydrogen-bond acceptors (Lipinski definition) is 19. The lowest BCUT2D eigenvalue weighted by molar-refractivity contribution is -0.271. The van der Waals surface area contributed by atoms with Crippen molar-refractivity contribution in [1.29, 1.82) is 0 Å². The van der Waals surface area contributed by atoms with E-state index in [1.165, 1.54) is 18.2 Å². The number of anilines is 1. The molecule has 0 radical (unpaired) electrons. The summed E-state index contributed by atoms with van der Waals surface area (Å²) in [6.07, 6.45) is -10.0. The molecule has 0 saturated carbocycles. The zero-order valence-corrected chi connectivity index (χ0v) is 35.3. The number of likely N-dealkylation sites (tertiary alicyclic amines) is 1. The standard InChI is InChI=1S/C39H57N5O20/c1-24-20-31(49)44(36(24)53)9-5-28(46)41-8-12-58-15-17-60-19-18-59-16-14-57-11-6-29(47)40-7-4-30(48)43-26-21-25(22-62-39(56)42-23-61-13-10-45)2-3-27(26)63-38-34(52)32(50)33(51)35(64-38)37(54)55/h2-3,10,21,24,32-35,38,50-52H,4-9,11-20,22-23H2,1H3,(H,40,47)(H,41,46)(H,42,56)(H,43,48)(H,54,55)/t24?,32-,33-,34+,35-,38+/m0/s1. The third-order valence-electron chi connectivity index (χ3n) is 9.11. The molecule has 0 aliphatic carbocycles. The van der Waals surface area contributed by atoms with Crippen LogP contribution in [0, 0.1) is 5.92 Å². The van der Waals surface area contributed by atoms with Gasteiger partial charge in [0.2, 0.25) is 35.8 Å². The summed E-state index contributed by atoms with van der Waals surface area (Å²) in [4.78, 5) is 95.8. The maximum atomic E-state index is 12.9. The molecule has 64 heavy (non-hydrogen) atoms. The van der Waals surface area contributed by atoms with Crippen molar-refractivity contribution in [2.75, 3.05) is 91.1 Å². The molecule has 358 valence electrons. The van der Waals surface area contributed by atoms with Gasteiger partial charge in [0.05, 0.1) is 58.5 Å². The van der Waals surface area contributed by atoms with Crippen molar-refractivity contribution in [1.82, 2.24) is 20.9 Å². The molecule has 25 nitrogen and oxygen atoms in total. The van der Waals surface area contributed by atoms with Gasteiger partial charge in [-0.25, -0.2) is 9.59 Å². The van der Waals surface area contributed by atoms with E-state index in [4.69, 9.17) is 37.9 Å². The molecular formula is C39H57N5O20. The Balaban J connectivity index is 1.27. The number of carboxylic acids is 1. The van der Waals surface area contributed by atoms with Crippen LogP contribution in [0.5, 0.6) is 5.75 Å². The molecule has 2 heterocycles. The van der Waals surface area contributed by atoms with Crippen LogP contribution >= 0.6 is 0 Å². The monoisotopic (exact) mass is 915 g/mol. The second-order valence-corrected chi connectivity index (χ2v) is 14.1. The van der Waals surface area contributed by atoms with Crippen LogP contribution in [0.15, 0.2) is 18.2 Å². The van der Waals surface area contributed by atoms with Crippen LogP contribution in [-0.4, -0.2) is 190 Å². The lowest BCUT2D eigenvalue weighted by Crippen LogP contribution is -2.61. The van der Waals surface area contributed by atoms with Crippen molar-refractivity contribution < 1.29 is 96.7 Å². The van der Waals surface area contributed by atoms with E-state index < -0.39 is 54.6 Å². The number of carboxylic acid groups (broad SMARTS) is 1. The maximum Gasteiger partial charge on any atom is 0.409 e. The molecule has 2 saturated heterocycles. The predicted molar refractivity (Wildman–Crippen MR) is 214 cm³/mol. The lowest BCUT2D eigenvalue weighted by atomic mass is 9.99. The van der Waals surface area contributed by atoms with Crippen molar-refractivity contribution >= 4 is 53.6 Å². The molecular weight excluding hydrogens is 858 g/mol. The molecule has 1 aromatic carbocycles. The zero-order chi connectivity index (χ0) is 46.9.